The van der Waals surface area contributed by atoms with Gasteiger partial charge in [-0.3, -0.25) is 14.4 Å². The van der Waals surface area contributed by atoms with E-state index in [4.69, 9.17) is 5.11 Å². The van der Waals surface area contributed by atoms with Gasteiger partial charge in [0.25, 0.3) is 0 Å². The highest BCUT2D eigenvalue weighted by Crippen LogP contribution is 2.19. The molecule has 1 aromatic rings. The Morgan fingerprint density at radius 3 is 2.83 bits per heavy atom. The lowest BCUT2D eigenvalue weighted by atomic mass is 10.1. The quantitative estimate of drug-likeness (QED) is 0.816. The minimum Gasteiger partial charge on any atom is -0.481 e. The van der Waals surface area contributed by atoms with Gasteiger partial charge in [0, 0.05) is 12.6 Å². The second-order valence-corrected chi connectivity index (χ2v) is 5.56. The summed E-state index contributed by atoms with van der Waals surface area (Å²) < 4.78 is 13.0. The number of carboxylic acid groups (broad SMARTS) is 1. The average Bonchev–Trinajstić information content (AvgIpc) is 2.92. The van der Waals surface area contributed by atoms with Crippen molar-refractivity contribution in [3.63, 3.8) is 0 Å². The molecule has 1 aliphatic heterocycles. The van der Waals surface area contributed by atoms with E-state index in [2.05, 4.69) is 5.32 Å². The maximum absolute atomic E-state index is 13.0. The Balaban J connectivity index is 1.81. The van der Waals surface area contributed by atoms with Crippen LogP contribution in [0.2, 0.25) is 0 Å². The maximum atomic E-state index is 13.0. The van der Waals surface area contributed by atoms with Crippen molar-refractivity contribution in [3.05, 3.63) is 35.6 Å². The minimum absolute atomic E-state index is 0.0103. The molecule has 0 bridgehead atoms. The van der Waals surface area contributed by atoms with Crippen LogP contribution in [0.5, 0.6) is 0 Å². The minimum atomic E-state index is -0.940. The van der Waals surface area contributed by atoms with Gasteiger partial charge in [-0.15, -0.1) is 0 Å². The molecule has 0 saturated carbocycles. The molecular formula is C16H19FN2O4. The van der Waals surface area contributed by atoms with Crippen LogP contribution in [0.3, 0.4) is 0 Å². The van der Waals surface area contributed by atoms with Crippen molar-refractivity contribution < 1.29 is 23.9 Å². The van der Waals surface area contributed by atoms with Crippen molar-refractivity contribution in [2.24, 2.45) is 0 Å². The van der Waals surface area contributed by atoms with Crippen LogP contribution in [0.25, 0.3) is 0 Å². The highest BCUT2D eigenvalue weighted by Gasteiger charge is 2.30. The molecule has 0 aliphatic carbocycles. The van der Waals surface area contributed by atoms with Gasteiger partial charge >= 0.3 is 5.97 Å². The molecule has 7 heteroatoms. The zero-order valence-electron chi connectivity index (χ0n) is 12.6. The second kappa shape index (κ2) is 7.71. The van der Waals surface area contributed by atoms with Crippen molar-refractivity contribution in [2.75, 3.05) is 13.1 Å². The van der Waals surface area contributed by atoms with Crippen molar-refractivity contribution in [1.82, 2.24) is 10.2 Å². The summed E-state index contributed by atoms with van der Waals surface area (Å²) >= 11 is 0. The van der Waals surface area contributed by atoms with E-state index in [1.807, 2.05) is 0 Å². The van der Waals surface area contributed by atoms with Gasteiger partial charge in [-0.1, -0.05) is 12.1 Å². The predicted molar refractivity (Wildman–Crippen MR) is 80.1 cm³/mol. The Kier molecular flexibility index (Phi) is 5.67. The fourth-order valence-electron chi connectivity index (χ4n) is 2.75. The predicted octanol–water partition coefficient (Wildman–Crippen LogP) is 0.950. The Hall–Kier alpha value is -2.44. The van der Waals surface area contributed by atoms with Gasteiger partial charge in [-0.25, -0.2) is 4.39 Å². The van der Waals surface area contributed by atoms with Crippen molar-refractivity contribution in [2.45, 2.75) is 31.7 Å². The summed E-state index contributed by atoms with van der Waals surface area (Å²) in [5, 5.41) is 11.3. The Labute approximate surface area is 133 Å². The third-order valence-corrected chi connectivity index (χ3v) is 3.80. The first-order valence-electron chi connectivity index (χ1n) is 7.48. The number of likely N-dealkylation sites (tertiary alicyclic amines) is 1. The van der Waals surface area contributed by atoms with Crippen LogP contribution in [0.1, 0.15) is 24.8 Å². The molecule has 2 N–H and O–H groups in total. The smallest absolute Gasteiger partial charge is 0.305 e. The van der Waals surface area contributed by atoms with Gasteiger partial charge in [0.15, 0.2) is 0 Å². The first-order chi connectivity index (χ1) is 11.0. The van der Waals surface area contributed by atoms with Crippen LogP contribution in [0, 0.1) is 5.82 Å². The van der Waals surface area contributed by atoms with Crippen LogP contribution >= 0.6 is 0 Å². The third kappa shape index (κ3) is 5.05. The SMILES string of the molecule is O=C(O)CC1CCCN1C(=O)CNC(=O)Cc1cccc(F)c1. The molecule has 2 amide bonds. The number of aliphatic carboxylic acids is 1. The molecule has 6 nitrogen and oxygen atoms in total. The second-order valence-electron chi connectivity index (χ2n) is 5.56. The topological polar surface area (TPSA) is 86.7 Å². The number of nitrogens with one attached hydrogen (secondary N) is 1. The van der Waals surface area contributed by atoms with Crippen LogP contribution in [-0.2, 0) is 20.8 Å². The molecule has 2 rings (SSSR count). The number of carbonyl (C=O) groups is 3. The van der Waals surface area contributed by atoms with Gasteiger partial charge in [0.05, 0.1) is 19.4 Å². The zero-order valence-corrected chi connectivity index (χ0v) is 12.6. The fourth-order valence-corrected chi connectivity index (χ4v) is 2.75. The van der Waals surface area contributed by atoms with Gasteiger partial charge in [-0.2, -0.15) is 0 Å². The van der Waals surface area contributed by atoms with Crippen molar-refractivity contribution >= 4 is 17.8 Å². The van der Waals surface area contributed by atoms with Crippen LogP contribution in [0.15, 0.2) is 24.3 Å². The van der Waals surface area contributed by atoms with Crippen molar-refractivity contribution in [1.29, 1.82) is 0 Å². The van der Waals surface area contributed by atoms with E-state index < -0.39 is 11.8 Å². The molecule has 0 spiro atoms. The molecule has 1 atom stereocenters. The van der Waals surface area contributed by atoms with Gasteiger partial charge < -0.3 is 15.3 Å². The maximum Gasteiger partial charge on any atom is 0.305 e. The normalized spacial score (nSPS) is 17.1. The molecule has 1 aliphatic rings. The number of benzene rings is 1. The molecule has 1 fully saturated rings. The summed E-state index contributed by atoms with van der Waals surface area (Å²) in [5.41, 5.74) is 0.528. The van der Waals surface area contributed by atoms with E-state index in [1.165, 1.54) is 23.1 Å². The van der Waals surface area contributed by atoms with E-state index in [-0.39, 0.29) is 37.2 Å². The Morgan fingerprint density at radius 1 is 1.35 bits per heavy atom. The highest BCUT2D eigenvalue weighted by atomic mass is 19.1. The lowest BCUT2D eigenvalue weighted by Crippen LogP contribution is -2.43. The first kappa shape index (κ1) is 16.9. The Bertz CT molecular complexity index is 605. The lowest BCUT2D eigenvalue weighted by molar-refractivity contribution is -0.140. The highest BCUT2D eigenvalue weighted by molar-refractivity contribution is 5.86. The summed E-state index contributed by atoms with van der Waals surface area (Å²) in [6.07, 6.45) is 1.34. The molecular weight excluding hydrogens is 303 g/mol. The average molecular weight is 322 g/mol. The Morgan fingerprint density at radius 2 is 2.13 bits per heavy atom. The van der Waals surface area contributed by atoms with Crippen LogP contribution in [-0.4, -0.2) is 46.9 Å². The van der Waals surface area contributed by atoms with E-state index in [0.717, 1.165) is 6.42 Å². The largest absolute Gasteiger partial charge is 0.481 e. The van der Waals surface area contributed by atoms with Crippen LogP contribution in [0.4, 0.5) is 4.39 Å². The summed E-state index contributed by atoms with van der Waals surface area (Å²) in [6.45, 7) is 0.334. The molecule has 1 unspecified atom stereocenters. The monoisotopic (exact) mass is 322 g/mol. The molecule has 1 heterocycles. The number of nitrogens with zero attached hydrogens (tertiary/aromatic N) is 1. The summed E-state index contributed by atoms with van der Waals surface area (Å²) in [6, 6.07) is 5.41. The van der Waals surface area contributed by atoms with Gasteiger partial charge in [0.1, 0.15) is 5.82 Å². The van der Waals surface area contributed by atoms with Gasteiger partial charge in [-0.05, 0) is 30.5 Å². The van der Waals surface area contributed by atoms with Crippen molar-refractivity contribution in [3.8, 4) is 0 Å². The number of carboxylic acids is 1. The molecule has 23 heavy (non-hydrogen) atoms. The first-order valence-corrected chi connectivity index (χ1v) is 7.48. The van der Waals surface area contributed by atoms with E-state index in [0.29, 0.717) is 18.5 Å². The van der Waals surface area contributed by atoms with Crippen LogP contribution < -0.4 is 5.32 Å². The number of hydrogen-bond donors (Lipinski definition) is 2. The number of hydrogen-bond acceptors (Lipinski definition) is 3. The number of carbonyl (C=O) groups excluding carboxylic acids is 2. The molecule has 0 radical (unpaired) electrons. The van der Waals surface area contributed by atoms with E-state index >= 15 is 0 Å². The lowest BCUT2D eigenvalue weighted by Gasteiger charge is -2.23. The standard InChI is InChI=1S/C16H19FN2O4/c17-12-4-1-3-11(7-12)8-14(20)18-10-15(21)19-6-2-5-13(19)9-16(22)23/h1,3-4,7,13H,2,5-6,8-10H2,(H,18,20)(H,22,23). The van der Waals surface area contributed by atoms with E-state index in [1.54, 1.807) is 6.07 Å². The number of rotatable bonds is 6. The zero-order chi connectivity index (χ0) is 16.8. The number of halogens is 1. The van der Waals surface area contributed by atoms with E-state index in [9.17, 15) is 18.8 Å². The summed E-state index contributed by atoms with van der Waals surface area (Å²) in [5.74, 6) is -2.02. The molecule has 0 aromatic heterocycles. The molecule has 1 saturated heterocycles. The number of amides is 2. The third-order valence-electron chi connectivity index (χ3n) is 3.80. The van der Waals surface area contributed by atoms with Gasteiger partial charge in [0.2, 0.25) is 11.8 Å². The summed E-state index contributed by atoms with van der Waals surface area (Å²) in [4.78, 5) is 36.2. The summed E-state index contributed by atoms with van der Waals surface area (Å²) in [7, 11) is 0. The fraction of sp³-hybridized carbons (Fsp3) is 0.438. The molecule has 1 aromatic carbocycles. The molecule has 124 valence electrons.